The van der Waals surface area contributed by atoms with Gasteiger partial charge in [-0.25, -0.2) is 9.48 Å². The van der Waals surface area contributed by atoms with Crippen molar-refractivity contribution < 1.29 is 19.4 Å². The SMILES string of the molecule is COc1cc(NC(=O)N(C)CCC(=O)O)cc(-n2cccn2)c1. The van der Waals surface area contributed by atoms with E-state index in [9.17, 15) is 9.59 Å². The molecule has 0 fully saturated rings. The molecule has 2 aromatic rings. The summed E-state index contributed by atoms with van der Waals surface area (Å²) in [5, 5.41) is 15.5. The third kappa shape index (κ3) is 4.47. The summed E-state index contributed by atoms with van der Waals surface area (Å²) in [4.78, 5) is 23.9. The number of nitrogens with zero attached hydrogens (tertiary/aromatic N) is 3. The van der Waals surface area contributed by atoms with Gasteiger partial charge in [-0.15, -0.1) is 0 Å². The largest absolute Gasteiger partial charge is 0.497 e. The first-order valence-electron chi connectivity index (χ1n) is 6.92. The lowest BCUT2D eigenvalue weighted by molar-refractivity contribution is -0.137. The van der Waals surface area contributed by atoms with E-state index in [-0.39, 0.29) is 13.0 Å². The molecule has 2 rings (SSSR count). The van der Waals surface area contributed by atoms with Gasteiger partial charge in [-0.05, 0) is 12.1 Å². The zero-order chi connectivity index (χ0) is 16.8. The number of hydrogen-bond acceptors (Lipinski definition) is 4. The molecule has 2 N–H and O–H groups in total. The number of urea groups is 1. The highest BCUT2D eigenvalue weighted by Gasteiger charge is 2.12. The lowest BCUT2D eigenvalue weighted by atomic mass is 10.2. The molecule has 23 heavy (non-hydrogen) atoms. The van der Waals surface area contributed by atoms with Gasteiger partial charge in [0.15, 0.2) is 0 Å². The van der Waals surface area contributed by atoms with Crippen molar-refractivity contribution in [3.8, 4) is 11.4 Å². The van der Waals surface area contributed by atoms with Gasteiger partial charge in [0.05, 0.1) is 19.2 Å². The average Bonchev–Trinajstić information content (AvgIpc) is 3.06. The minimum Gasteiger partial charge on any atom is -0.497 e. The van der Waals surface area contributed by atoms with Crippen LogP contribution >= 0.6 is 0 Å². The molecule has 2 amide bonds. The second kappa shape index (κ2) is 7.30. The molecule has 0 unspecified atom stereocenters. The maximum atomic E-state index is 12.1. The number of carboxylic acids is 1. The summed E-state index contributed by atoms with van der Waals surface area (Å²) >= 11 is 0. The molecule has 0 spiro atoms. The first-order valence-corrected chi connectivity index (χ1v) is 6.92. The Morgan fingerprint density at radius 1 is 1.39 bits per heavy atom. The molecule has 8 nitrogen and oxygen atoms in total. The summed E-state index contributed by atoms with van der Waals surface area (Å²) in [5.74, 6) is -0.381. The molecule has 0 aliphatic carbocycles. The highest BCUT2D eigenvalue weighted by molar-refractivity contribution is 5.90. The number of carboxylic acid groups (broad SMARTS) is 1. The van der Waals surface area contributed by atoms with Gasteiger partial charge in [0.1, 0.15) is 5.75 Å². The van der Waals surface area contributed by atoms with Crippen LogP contribution < -0.4 is 10.1 Å². The fourth-order valence-corrected chi connectivity index (χ4v) is 1.91. The molecular formula is C15H18N4O4. The number of aromatic nitrogens is 2. The van der Waals surface area contributed by atoms with Crippen molar-refractivity contribution in [2.24, 2.45) is 0 Å². The Balaban J connectivity index is 2.14. The molecule has 0 aliphatic heterocycles. The Morgan fingerprint density at radius 3 is 2.78 bits per heavy atom. The highest BCUT2D eigenvalue weighted by atomic mass is 16.5. The van der Waals surface area contributed by atoms with Crippen molar-refractivity contribution in [2.75, 3.05) is 26.0 Å². The van der Waals surface area contributed by atoms with E-state index in [0.717, 1.165) is 5.69 Å². The minimum absolute atomic E-state index is 0.111. The molecule has 0 radical (unpaired) electrons. The Morgan fingerprint density at radius 2 is 2.17 bits per heavy atom. The van der Waals surface area contributed by atoms with E-state index in [0.29, 0.717) is 11.4 Å². The number of benzene rings is 1. The quantitative estimate of drug-likeness (QED) is 0.847. The molecule has 1 aromatic heterocycles. The van der Waals surface area contributed by atoms with E-state index >= 15 is 0 Å². The summed E-state index contributed by atoms with van der Waals surface area (Å²) in [6.45, 7) is 0.122. The maximum Gasteiger partial charge on any atom is 0.321 e. The van der Waals surface area contributed by atoms with E-state index in [4.69, 9.17) is 9.84 Å². The maximum absolute atomic E-state index is 12.1. The van der Waals surface area contributed by atoms with Crippen LogP contribution in [0.1, 0.15) is 6.42 Å². The van der Waals surface area contributed by atoms with Crippen LogP contribution in [0.5, 0.6) is 5.75 Å². The number of carbonyl (C=O) groups excluding carboxylic acids is 1. The molecular weight excluding hydrogens is 300 g/mol. The molecule has 1 aromatic carbocycles. The standard InChI is InChI=1S/C15H18N4O4/c1-18(7-4-14(20)21)15(22)17-11-8-12(10-13(9-11)23-2)19-6-3-5-16-19/h3,5-6,8-10H,4,7H2,1-2H3,(H,17,22)(H,20,21). The van der Waals surface area contributed by atoms with Crippen molar-refractivity contribution in [3.63, 3.8) is 0 Å². The number of carbonyl (C=O) groups is 2. The van der Waals surface area contributed by atoms with Gasteiger partial charge in [-0.1, -0.05) is 0 Å². The van der Waals surface area contributed by atoms with Gasteiger partial charge in [0, 0.05) is 43.8 Å². The van der Waals surface area contributed by atoms with Gasteiger partial charge >= 0.3 is 12.0 Å². The number of rotatable bonds is 6. The van der Waals surface area contributed by atoms with Crippen molar-refractivity contribution >= 4 is 17.7 Å². The van der Waals surface area contributed by atoms with Crippen molar-refractivity contribution in [1.82, 2.24) is 14.7 Å². The molecule has 0 atom stereocenters. The van der Waals surface area contributed by atoms with Crippen LogP contribution in [0.25, 0.3) is 5.69 Å². The Kier molecular flexibility index (Phi) is 5.19. The summed E-state index contributed by atoms with van der Waals surface area (Å²) in [6, 6.07) is 6.61. The third-order valence-electron chi connectivity index (χ3n) is 3.15. The Hall–Kier alpha value is -3.03. The first kappa shape index (κ1) is 16.3. The van der Waals surface area contributed by atoms with Crippen LogP contribution in [-0.2, 0) is 4.79 Å². The van der Waals surface area contributed by atoms with Gasteiger partial charge in [-0.3, -0.25) is 4.79 Å². The second-order valence-electron chi connectivity index (χ2n) is 4.87. The van der Waals surface area contributed by atoms with Crippen LogP contribution in [0.4, 0.5) is 10.5 Å². The number of amides is 2. The van der Waals surface area contributed by atoms with Crippen LogP contribution in [0.15, 0.2) is 36.7 Å². The second-order valence-corrected chi connectivity index (χ2v) is 4.87. The average molecular weight is 318 g/mol. The van der Waals surface area contributed by atoms with Crippen LogP contribution in [0.3, 0.4) is 0 Å². The highest BCUT2D eigenvalue weighted by Crippen LogP contribution is 2.23. The lowest BCUT2D eigenvalue weighted by Gasteiger charge is -2.17. The Labute approximate surface area is 133 Å². The first-order chi connectivity index (χ1) is 11.0. The lowest BCUT2D eigenvalue weighted by Crippen LogP contribution is -2.33. The number of aliphatic carboxylic acids is 1. The van der Waals surface area contributed by atoms with E-state index in [2.05, 4.69) is 10.4 Å². The number of hydrogen-bond donors (Lipinski definition) is 2. The van der Waals surface area contributed by atoms with Gasteiger partial charge in [0.25, 0.3) is 0 Å². The minimum atomic E-state index is -0.952. The molecule has 122 valence electrons. The topological polar surface area (TPSA) is 96.7 Å². The van der Waals surface area contributed by atoms with Crippen molar-refractivity contribution in [2.45, 2.75) is 6.42 Å². The number of ether oxygens (including phenoxy) is 1. The van der Waals surface area contributed by atoms with E-state index in [1.165, 1.54) is 19.1 Å². The molecule has 8 heteroatoms. The Bertz CT molecular complexity index is 685. The number of nitrogens with one attached hydrogen (secondary N) is 1. The number of anilines is 1. The van der Waals surface area contributed by atoms with Crippen molar-refractivity contribution in [1.29, 1.82) is 0 Å². The van der Waals surface area contributed by atoms with Crippen LogP contribution in [0.2, 0.25) is 0 Å². The zero-order valence-corrected chi connectivity index (χ0v) is 12.9. The number of methoxy groups -OCH3 is 1. The summed E-state index contributed by atoms with van der Waals surface area (Å²) in [6.07, 6.45) is 3.32. The summed E-state index contributed by atoms with van der Waals surface area (Å²) in [7, 11) is 3.07. The van der Waals surface area contributed by atoms with Gasteiger partial charge in [0.2, 0.25) is 0 Å². The van der Waals surface area contributed by atoms with Gasteiger partial charge < -0.3 is 20.1 Å². The predicted octanol–water partition coefficient (Wildman–Crippen LogP) is 1.82. The molecule has 1 heterocycles. The summed E-state index contributed by atoms with van der Waals surface area (Å²) < 4.78 is 6.88. The monoisotopic (exact) mass is 318 g/mol. The van der Waals surface area contributed by atoms with E-state index in [1.807, 2.05) is 0 Å². The fraction of sp³-hybridized carbons (Fsp3) is 0.267. The molecule has 0 bridgehead atoms. The van der Waals surface area contributed by atoms with Gasteiger partial charge in [-0.2, -0.15) is 5.10 Å². The fourth-order valence-electron chi connectivity index (χ4n) is 1.91. The third-order valence-corrected chi connectivity index (χ3v) is 3.15. The van der Waals surface area contributed by atoms with Crippen LogP contribution in [0, 0.1) is 0 Å². The molecule has 0 saturated heterocycles. The van der Waals surface area contributed by atoms with Crippen molar-refractivity contribution in [3.05, 3.63) is 36.7 Å². The smallest absolute Gasteiger partial charge is 0.321 e. The zero-order valence-electron chi connectivity index (χ0n) is 12.9. The van der Waals surface area contributed by atoms with E-state index in [1.54, 1.807) is 41.3 Å². The van der Waals surface area contributed by atoms with Crippen LogP contribution in [-0.4, -0.2) is 52.5 Å². The van der Waals surface area contributed by atoms with E-state index < -0.39 is 12.0 Å². The summed E-state index contributed by atoms with van der Waals surface area (Å²) in [5.41, 5.74) is 1.26. The predicted molar refractivity (Wildman–Crippen MR) is 84.0 cm³/mol. The molecule has 0 aliphatic rings. The normalized spacial score (nSPS) is 10.2. The molecule has 0 saturated carbocycles.